The van der Waals surface area contributed by atoms with E-state index in [1.165, 1.54) is 0 Å². The number of anilines is 1. The number of hydrogen-bond acceptors (Lipinski definition) is 3. The monoisotopic (exact) mass is 243 g/mol. The van der Waals surface area contributed by atoms with Crippen LogP contribution in [0.5, 0.6) is 0 Å². The van der Waals surface area contributed by atoms with Crippen LogP contribution in [0.2, 0.25) is 0 Å². The third kappa shape index (κ3) is 2.01. The topological polar surface area (TPSA) is 60.9 Å². The normalized spacial score (nSPS) is 10.6. The van der Waals surface area contributed by atoms with Crippen LogP contribution in [0.15, 0.2) is 30.3 Å². The zero-order chi connectivity index (χ0) is 13.1. The van der Waals surface area contributed by atoms with Gasteiger partial charge < -0.3 is 5.73 Å². The van der Waals surface area contributed by atoms with Crippen molar-refractivity contribution in [1.82, 2.24) is 9.78 Å². The Morgan fingerprint density at radius 1 is 1.28 bits per heavy atom. The highest BCUT2D eigenvalue weighted by Gasteiger charge is 2.21. The second-order valence-corrected chi connectivity index (χ2v) is 4.07. The molecule has 0 saturated carbocycles. The maximum atomic E-state index is 12.4. The molecule has 2 N–H and O–H groups in total. The van der Waals surface area contributed by atoms with E-state index in [1.54, 1.807) is 16.8 Å². The molecule has 0 aliphatic heterocycles. The quantitative estimate of drug-likeness (QED) is 0.838. The number of nitrogens with two attached hydrogens (primary N) is 1. The van der Waals surface area contributed by atoms with E-state index in [4.69, 9.17) is 5.73 Å². The van der Waals surface area contributed by atoms with Gasteiger partial charge in [-0.3, -0.25) is 9.48 Å². The summed E-state index contributed by atoms with van der Waals surface area (Å²) < 4.78 is 1.68. The molecule has 4 heteroatoms. The number of aromatic nitrogens is 2. The second kappa shape index (κ2) is 5.04. The molecule has 0 aliphatic carbocycles. The summed E-state index contributed by atoms with van der Waals surface area (Å²) in [6, 6.07) is 9.16. The maximum Gasteiger partial charge on any atom is 0.213 e. The van der Waals surface area contributed by atoms with Crippen molar-refractivity contribution in [3.63, 3.8) is 0 Å². The van der Waals surface area contributed by atoms with Crippen LogP contribution in [0.25, 0.3) is 0 Å². The molecule has 0 unspecified atom stereocenters. The van der Waals surface area contributed by atoms with Crippen LogP contribution in [0.4, 0.5) is 5.69 Å². The molecule has 0 aliphatic rings. The third-order valence-corrected chi connectivity index (χ3v) is 2.95. The van der Waals surface area contributed by atoms with Crippen LogP contribution in [0.3, 0.4) is 0 Å². The Morgan fingerprint density at radius 2 is 1.94 bits per heavy atom. The van der Waals surface area contributed by atoms with E-state index < -0.39 is 0 Å². The molecule has 0 saturated heterocycles. The number of carbonyl (C=O) groups excluding carboxylic acids is 1. The van der Waals surface area contributed by atoms with E-state index in [-0.39, 0.29) is 5.78 Å². The van der Waals surface area contributed by atoms with Gasteiger partial charge in [-0.1, -0.05) is 37.3 Å². The van der Waals surface area contributed by atoms with Crippen LogP contribution < -0.4 is 5.73 Å². The third-order valence-electron chi connectivity index (χ3n) is 2.95. The van der Waals surface area contributed by atoms with Crippen LogP contribution >= 0.6 is 0 Å². The van der Waals surface area contributed by atoms with Crippen molar-refractivity contribution < 1.29 is 4.79 Å². The minimum absolute atomic E-state index is 0.0675. The number of rotatable bonds is 4. The molecule has 0 amide bonds. The Labute approximate surface area is 106 Å². The van der Waals surface area contributed by atoms with Gasteiger partial charge in [-0.05, 0) is 13.3 Å². The fourth-order valence-corrected chi connectivity index (χ4v) is 1.98. The molecular formula is C14H17N3O. The molecule has 0 radical (unpaired) electrons. The predicted molar refractivity (Wildman–Crippen MR) is 71.6 cm³/mol. The van der Waals surface area contributed by atoms with Gasteiger partial charge in [0.1, 0.15) is 5.69 Å². The van der Waals surface area contributed by atoms with Gasteiger partial charge in [0.25, 0.3) is 0 Å². The molecule has 94 valence electrons. The largest absolute Gasteiger partial charge is 0.395 e. The lowest BCUT2D eigenvalue weighted by molar-refractivity contribution is 0.103. The van der Waals surface area contributed by atoms with E-state index in [0.29, 0.717) is 23.5 Å². The minimum Gasteiger partial charge on any atom is -0.395 e. The van der Waals surface area contributed by atoms with Crippen LogP contribution in [-0.2, 0) is 13.0 Å². The zero-order valence-electron chi connectivity index (χ0n) is 10.7. The van der Waals surface area contributed by atoms with E-state index >= 15 is 0 Å². The Kier molecular flexibility index (Phi) is 3.46. The van der Waals surface area contributed by atoms with Crippen LogP contribution in [0.1, 0.15) is 35.6 Å². The summed E-state index contributed by atoms with van der Waals surface area (Å²) in [4.78, 5) is 12.4. The summed E-state index contributed by atoms with van der Waals surface area (Å²) >= 11 is 0. The van der Waals surface area contributed by atoms with Gasteiger partial charge in [-0.2, -0.15) is 5.10 Å². The number of aryl methyl sites for hydroxylation is 2. The average Bonchev–Trinajstić information content (AvgIpc) is 2.75. The lowest BCUT2D eigenvalue weighted by Crippen LogP contribution is -2.12. The summed E-state index contributed by atoms with van der Waals surface area (Å²) in [5.74, 6) is -0.0675. The van der Waals surface area contributed by atoms with Crippen LogP contribution in [0, 0.1) is 0 Å². The van der Waals surface area contributed by atoms with Gasteiger partial charge in [0.05, 0.1) is 11.4 Å². The van der Waals surface area contributed by atoms with Gasteiger partial charge in [-0.25, -0.2) is 0 Å². The summed E-state index contributed by atoms with van der Waals surface area (Å²) in [7, 11) is 0. The first-order chi connectivity index (χ1) is 8.69. The Bertz CT molecular complexity index is 558. The lowest BCUT2D eigenvalue weighted by atomic mass is 10.1. The molecule has 4 nitrogen and oxygen atoms in total. The van der Waals surface area contributed by atoms with Gasteiger partial charge in [-0.15, -0.1) is 0 Å². The molecule has 1 aromatic heterocycles. The number of ketones is 1. The van der Waals surface area contributed by atoms with Gasteiger partial charge in [0.2, 0.25) is 5.78 Å². The number of carbonyl (C=O) groups is 1. The van der Waals surface area contributed by atoms with E-state index in [9.17, 15) is 4.79 Å². The van der Waals surface area contributed by atoms with Crippen molar-refractivity contribution in [1.29, 1.82) is 0 Å². The fourth-order valence-electron chi connectivity index (χ4n) is 1.98. The van der Waals surface area contributed by atoms with E-state index in [2.05, 4.69) is 5.10 Å². The molecule has 0 bridgehead atoms. The molecule has 18 heavy (non-hydrogen) atoms. The molecule has 2 rings (SSSR count). The standard InChI is InChI=1S/C14H17N3O/c1-3-11-12(15)13(17(4-2)16-11)14(18)10-8-6-5-7-9-10/h5-9H,3-4,15H2,1-2H3. The van der Waals surface area contributed by atoms with Crippen molar-refractivity contribution in [2.24, 2.45) is 0 Å². The van der Waals surface area contributed by atoms with E-state index in [0.717, 1.165) is 12.1 Å². The predicted octanol–water partition coefficient (Wildman–Crippen LogP) is 2.28. The second-order valence-electron chi connectivity index (χ2n) is 4.07. The molecular weight excluding hydrogens is 226 g/mol. The van der Waals surface area contributed by atoms with E-state index in [1.807, 2.05) is 32.0 Å². The molecule has 1 aromatic carbocycles. The number of nitrogens with zero attached hydrogens (tertiary/aromatic N) is 2. The first-order valence-electron chi connectivity index (χ1n) is 6.13. The number of benzene rings is 1. The highest BCUT2D eigenvalue weighted by molar-refractivity contribution is 6.11. The zero-order valence-corrected chi connectivity index (χ0v) is 10.7. The van der Waals surface area contributed by atoms with Gasteiger partial charge >= 0.3 is 0 Å². The summed E-state index contributed by atoms with van der Waals surface area (Å²) in [5, 5.41) is 4.36. The average molecular weight is 243 g/mol. The highest BCUT2D eigenvalue weighted by atomic mass is 16.1. The molecule has 1 heterocycles. The first kappa shape index (κ1) is 12.4. The van der Waals surface area contributed by atoms with Crippen molar-refractivity contribution in [3.05, 3.63) is 47.3 Å². The summed E-state index contributed by atoms with van der Waals surface area (Å²) in [5.41, 5.74) is 8.46. The summed E-state index contributed by atoms with van der Waals surface area (Å²) in [6.07, 6.45) is 0.730. The Morgan fingerprint density at radius 3 is 2.50 bits per heavy atom. The maximum absolute atomic E-state index is 12.4. The first-order valence-corrected chi connectivity index (χ1v) is 6.13. The Hall–Kier alpha value is -2.10. The lowest BCUT2D eigenvalue weighted by Gasteiger charge is -2.04. The smallest absolute Gasteiger partial charge is 0.213 e. The van der Waals surface area contributed by atoms with Gasteiger partial charge in [0, 0.05) is 12.1 Å². The van der Waals surface area contributed by atoms with Crippen LogP contribution in [-0.4, -0.2) is 15.6 Å². The van der Waals surface area contributed by atoms with Gasteiger partial charge in [0.15, 0.2) is 0 Å². The van der Waals surface area contributed by atoms with Crippen molar-refractivity contribution in [2.75, 3.05) is 5.73 Å². The number of hydrogen-bond donors (Lipinski definition) is 1. The SMILES string of the molecule is CCc1nn(CC)c(C(=O)c2ccccc2)c1N. The highest BCUT2D eigenvalue weighted by Crippen LogP contribution is 2.21. The summed E-state index contributed by atoms with van der Waals surface area (Å²) in [6.45, 7) is 4.57. The molecule has 0 spiro atoms. The molecule has 0 fully saturated rings. The van der Waals surface area contributed by atoms with Crippen molar-refractivity contribution in [3.8, 4) is 0 Å². The van der Waals surface area contributed by atoms with Crippen molar-refractivity contribution >= 4 is 11.5 Å². The Balaban J connectivity index is 2.51. The molecule has 2 aromatic rings. The molecule has 0 atom stereocenters. The van der Waals surface area contributed by atoms with Crippen molar-refractivity contribution in [2.45, 2.75) is 26.8 Å². The number of nitrogen functional groups attached to an aromatic ring is 1. The minimum atomic E-state index is -0.0675. The fraction of sp³-hybridized carbons (Fsp3) is 0.286.